The highest BCUT2D eigenvalue weighted by Gasteiger charge is 2.11. The predicted octanol–water partition coefficient (Wildman–Crippen LogP) is 2.67. The van der Waals surface area contributed by atoms with Crippen LogP contribution in [-0.4, -0.2) is 63.6 Å². The average Bonchev–Trinajstić information content (AvgIpc) is 3.37. The molecule has 0 unspecified atom stereocenters. The van der Waals surface area contributed by atoms with Gasteiger partial charge in [0, 0.05) is 37.6 Å². The number of rotatable bonds is 7. The lowest BCUT2D eigenvalue weighted by Crippen LogP contribution is -2.28. The quantitative estimate of drug-likeness (QED) is 0.490. The van der Waals surface area contributed by atoms with Gasteiger partial charge in [0.15, 0.2) is 0 Å². The number of anilines is 2. The topological polar surface area (TPSA) is 111 Å². The van der Waals surface area contributed by atoms with Gasteiger partial charge in [0.25, 0.3) is 0 Å². The zero-order valence-corrected chi connectivity index (χ0v) is 16.5. The molecule has 2 aromatic heterocycles. The average molecular weight is 394 g/mol. The van der Waals surface area contributed by atoms with E-state index in [2.05, 4.69) is 40.8 Å². The minimum atomic E-state index is -0.284. The second-order valence-corrected chi connectivity index (χ2v) is 7.07. The fraction of sp³-hybridized carbons (Fsp3) is 0.400. The molecule has 1 aliphatic heterocycles. The number of carbonyl (C=O) groups excluding carboxylic acids is 1. The molecule has 0 bridgehead atoms. The van der Waals surface area contributed by atoms with Crippen molar-refractivity contribution in [2.24, 2.45) is 0 Å². The molecule has 1 aromatic carbocycles. The van der Waals surface area contributed by atoms with Crippen LogP contribution in [0.3, 0.4) is 0 Å². The molecule has 29 heavy (non-hydrogen) atoms. The molecular formula is C20H26N8O. The first kappa shape index (κ1) is 19.1. The van der Waals surface area contributed by atoms with Gasteiger partial charge in [0.1, 0.15) is 0 Å². The van der Waals surface area contributed by atoms with Crippen LogP contribution in [0.2, 0.25) is 0 Å². The second kappa shape index (κ2) is 8.87. The SMILES string of the molecule is CCNC(=O)Nc1nc2cc(-c3cnc(NCCN4CCCC4)nc3)ccc2[nH]1. The molecule has 0 spiro atoms. The summed E-state index contributed by atoms with van der Waals surface area (Å²) in [5, 5.41) is 8.65. The molecule has 0 aliphatic carbocycles. The van der Waals surface area contributed by atoms with E-state index in [1.807, 2.05) is 37.5 Å². The Morgan fingerprint density at radius 2 is 1.97 bits per heavy atom. The Labute approximate surface area is 169 Å². The summed E-state index contributed by atoms with van der Waals surface area (Å²) in [4.78, 5) is 30.5. The molecule has 2 amide bonds. The van der Waals surface area contributed by atoms with Gasteiger partial charge in [0.05, 0.1) is 11.0 Å². The Kier molecular flexibility index (Phi) is 5.85. The van der Waals surface area contributed by atoms with E-state index < -0.39 is 0 Å². The summed E-state index contributed by atoms with van der Waals surface area (Å²) >= 11 is 0. The maximum absolute atomic E-state index is 11.7. The molecule has 1 fully saturated rings. The highest BCUT2D eigenvalue weighted by atomic mass is 16.2. The van der Waals surface area contributed by atoms with E-state index in [-0.39, 0.29) is 6.03 Å². The highest BCUT2D eigenvalue weighted by molar-refractivity contribution is 5.90. The molecule has 0 atom stereocenters. The van der Waals surface area contributed by atoms with E-state index in [4.69, 9.17) is 0 Å². The van der Waals surface area contributed by atoms with Crippen molar-refractivity contribution in [2.45, 2.75) is 19.8 Å². The number of H-pyrrole nitrogens is 1. The molecule has 3 heterocycles. The summed E-state index contributed by atoms with van der Waals surface area (Å²) in [6.45, 7) is 6.67. The number of nitrogens with one attached hydrogen (secondary N) is 4. The molecule has 0 saturated carbocycles. The first-order valence-electron chi connectivity index (χ1n) is 10.0. The normalized spacial score (nSPS) is 14.2. The number of amides is 2. The van der Waals surface area contributed by atoms with Crippen LogP contribution >= 0.6 is 0 Å². The number of urea groups is 1. The van der Waals surface area contributed by atoms with Gasteiger partial charge in [-0.3, -0.25) is 5.32 Å². The van der Waals surface area contributed by atoms with Crippen molar-refractivity contribution in [3.8, 4) is 11.1 Å². The van der Waals surface area contributed by atoms with Gasteiger partial charge in [-0.1, -0.05) is 6.07 Å². The highest BCUT2D eigenvalue weighted by Crippen LogP contribution is 2.23. The molecule has 1 aliphatic rings. The molecule has 9 heteroatoms. The van der Waals surface area contributed by atoms with Crippen molar-refractivity contribution in [2.75, 3.05) is 43.4 Å². The molecule has 4 rings (SSSR count). The molecule has 4 N–H and O–H groups in total. The lowest BCUT2D eigenvalue weighted by Gasteiger charge is -2.14. The van der Waals surface area contributed by atoms with Gasteiger partial charge in [-0.05, 0) is 50.6 Å². The van der Waals surface area contributed by atoms with Crippen LogP contribution in [0.15, 0.2) is 30.6 Å². The summed E-state index contributed by atoms with van der Waals surface area (Å²) in [7, 11) is 0. The van der Waals surface area contributed by atoms with Crippen LogP contribution in [0.5, 0.6) is 0 Å². The number of aromatic amines is 1. The fourth-order valence-electron chi connectivity index (χ4n) is 3.46. The van der Waals surface area contributed by atoms with E-state index in [9.17, 15) is 4.79 Å². The van der Waals surface area contributed by atoms with E-state index >= 15 is 0 Å². The third kappa shape index (κ3) is 4.80. The summed E-state index contributed by atoms with van der Waals surface area (Å²) in [6, 6.07) is 5.58. The first-order chi connectivity index (χ1) is 14.2. The number of nitrogens with zero attached hydrogens (tertiary/aromatic N) is 4. The van der Waals surface area contributed by atoms with Crippen LogP contribution in [0.4, 0.5) is 16.7 Å². The third-order valence-corrected chi connectivity index (χ3v) is 4.95. The van der Waals surface area contributed by atoms with Crippen molar-refractivity contribution in [3.63, 3.8) is 0 Å². The van der Waals surface area contributed by atoms with Crippen LogP contribution < -0.4 is 16.0 Å². The minimum absolute atomic E-state index is 0.284. The van der Waals surface area contributed by atoms with Gasteiger partial charge in [0.2, 0.25) is 11.9 Å². The number of benzene rings is 1. The molecule has 1 saturated heterocycles. The van der Waals surface area contributed by atoms with E-state index in [0.29, 0.717) is 18.4 Å². The Hall–Kier alpha value is -3.20. The summed E-state index contributed by atoms with van der Waals surface area (Å²) in [6.07, 6.45) is 6.23. The van der Waals surface area contributed by atoms with Crippen molar-refractivity contribution in [3.05, 3.63) is 30.6 Å². The van der Waals surface area contributed by atoms with Crippen LogP contribution in [0.1, 0.15) is 19.8 Å². The molecule has 3 aromatic rings. The van der Waals surface area contributed by atoms with Crippen molar-refractivity contribution < 1.29 is 4.79 Å². The third-order valence-electron chi connectivity index (χ3n) is 4.95. The number of hydrogen-bond acceptors (Lipinski definition) is 6. The summed E-state index contributed by atoms with van der Waals surface area (Å²) < 4.78 is 0. The number of carbonyl (C=O) groups is 1. The lowest BCUT2D eigenvalue weighted by atomic mass is 10.1. The van der Waals surface area contributed by atoms with Gasteiger partial charge < -0.3 is 20.5 Å². The van der Waals surface area contributed by atoms with Crippen molar-refractivity contribution >= 4 is 29.0 Å². The van der Waals surface area contributed by atoms with Gasteiger partial charge >= 0.3 is 6.03 Å². The largest absolute Gasteiger partial charge is 0.353 e. The fourth-order valence-corrected chi connectivity index (χ4v) is 3.46. The van der Waals surface area contributed by atoms with Crippen molar-refractivity contribution in [1.29, 1.82) is 0 Å². The number of imidazole rings is 1. The predicted molar refractivity (Wildman–Crippen MR) is 114 cm³/mol. The maximum atomic E-state index is 11.7. The molecule has 9 nitrogen and oxygen atoms in total. The van der Waals surface area contributed by atoms with Gasteiger partial charge in [-0.2, -0.15) is 0 Å². The van der Waals surface area contributed by atoms with Crippen LogP contribution in [0, 0.1) is 0 Å². The lowest BCUT2D eigenvalue weighted by molar-refractivity contribution is 0.252. The summed E-state index contributed by atoms with van der Waals surface area (Å²) in [5.74, 6) is 1.05. The maximum Gasteiger partial charge on any atom is 0.321 e. The molecule has 0 radical (unpaired) electrons. The van der Waals surface area contributed by atoms with E-state index in [1.54, 1.807) is 0 Å². The Morgan fingerprint density at radius 3 is 2.72 bits per heavy atom. The Bertz CT molecular complexity index is 962. The van der Waals surface area contributed by atoms with Crippen molar-refractivity contribution in [1.82, 2.24) is 30.2 Å². The second-order valence-electron chi connectivity index (χ2n) is 7.07. The zero-order chi connectivity index (χ0) is 20.1. The standard InChI is InChI=1S/C20H26N8O/c1-2-21-20(29)27-19-25-16-6-5-14(11-17(16)26-19)15-12-23-18(24-13-15)22-7-10-28-8-3-4-9-28/h5-6,11-13H,2-4,7-10H2,1H3,(H,22,23,24)(H3,21,25,26,27,29). The smallest absolute Gasteiger partial charge is 0.321 e. The van der Waals surface area contributed by atoms with Gasteiger partial charge in [-0.25, -0.2) is 19.7 Å². The Balaban J connectivity index is 1.40. The number of fused-ring (bicyclic) bond motifs is 1. The van der Waals surface area contributed by atoms with Crippen LogP contribution in [0.25, 0.3) is 22.2 Å². The number of aromatic nitrogens is 4. The zero-order valence-electron chi connectivity index (χ0n) is 16.5. The van der Waals surface area contributed by atoms with E-state index in [0.717, 1.165) is 35.2 Å². The molecular weight excluding hydrogens is 368 g/mol. The minimum Gasteiger partial charge on any atom is -0.353 e. The monoisotopic (exact) mass is 394 g/mol. The van der Waals surface area contributed by atoms with Crippen LogP contribution in [-0.2, 0) is 0 Å². The number of hydrogen-bond donors (Lipinski definition) is 4. The summed E-state index contributed by atoms with van der Waals surface area (Å²) in [5.41, 5.74) is 3.50. The molecule has 152 valence electrons. The first-order valence-corrected chi connectivity index (χ1v) is 10.0. The van der Waals surface area contributed by atoms with E-state index in [1.165, 1.54) is 25.9 Å². The van der Waals surface area contributed by atoms with Gasteiger partial charge in [-0.15, -0.1) is 0 Å². The number of likely N-dealkylation sites (tertiary alicyclic amines) is 1. The Morgan fingerprint density at radius 1 is 1.17 bits per heavy atom.